The lowest BCUT2D eigenvalue weighted by molar-refractivity contribution is -0.113. The standard InChI is InChI=1S/C30H35N3O2S/c1-22-7-5-6-8-27(22)29(35)33-19-17-32(18-20-33)25-13-11-24(12-14-25)31-28(34)21-36-26-15-9-23(10-16-26)30(2,3)4/h5-16H,17-21H2,1-4H3,(H,31,34). The Labute approximate surface area is 218 Å². The monoisotopic (exact) mass is 501 g/mol. The highest BCUT2D eigenvalue weighted by Gasteiger charge is 2.23. The number of carbonyl (C=O) groups is 2. The Kier molecular flexibility index (Phi) is 8.04. The van der Waals surface area contributed by atoms with E-state index in [1.165, 1.54) is 5.56 Å². The minimum atomic E-state index is -0.0176. The van der Waals surface area contributed by atoms with E-state index in [-0.39, 0.29) is 17.2 Å². The van der Waals surface area contributed by atoms with Gasteiger partial charge in [0.15, 0.2) is 0 Å². The minimum Gasteiger partial charge on any atom is -0.368 e. The molecule has 1 fully saturated rings. The highest BCUT2D eigenvalue weighted by molar-refractivity contribution is 8.00. The molecule has 3 aromatic rings. The molecule has 0 aliphatic carbocycles. The number of nitrogens with zero attached hydrogens (tertiary/aromatic N) is 2. The van der Waals surface area contributed by atoms with E-state index in [9.17, 15) is 9.59 Å². The van der Waals surface area contributed by atoms with Crippen molar-refractivity contribution in [2.45, 2.75) is 38.0 Å². The molecule has 0 atom stereocenters. The van der Waals surface area contributed by atoms with E-state index in [1.54, 1.807) is 11.8 Å². The molecular formula is C30H35N3O2S. The lowest BCUT2D eigenvalue weighted by Gasteiger charge is -2.36. The summed E-state index contributed by atoms with van der Waals surface area (Å²) in [4.78, 5) is 30.6. The van der Waals surface area contributed by atoms with Crippen LogP contribution in [0.2, 0.25) is 0 Å². The summed E-state index contributed by atoms with van der Waals surface area (Å²) in [6.07, 6.45) is 0. The van der Waals surface area contributed by atoms with Gasteiger partial charge in [-0.1, -0.05) is 51.1 Å². The number of carbonyl (C=O) groups excluding carboxylic acids is 2. The number of aryl methyl sites for hydroxylation is 1. The lowest BCUT2D eigenvalue weighted by Crippen LogP contribution is -2.48. The number of benzene rings is 3. The van der Waals surface area contributed by atoms with Crippen LogP contribution in [0.25, 0.3) is 0 Å². The van der Waals surface area contributed by atoms with Gasteiger partial charge in [-0.25, -0.2) is 0 Å². The van der Waals surface area contributed by atoms with Gasteiger partial charge < -0.3 is 15.1 Å². The molecule has 36 heavy (non-hydrogen) atoms. The molecule has 0 radical (unpaired) electrons. The molecule has 1 aliphatic rings. The average molecular weight is 502 g/mol. The van der Waals surface area contributed by atoms with Gasteiger partial charge in [0, 0.05) is 48.0 Å². The number of rotatable bonds is 6. The highest BCUT2D eigenvalue weighted by atomic mass is 32.2. The first-order valence-electron chi connectivity index (χ1n) is 12.4. The maximum Gasteiger partial charge on any atom is 0.254 e. The Bertz CT molecular complexity index is 1190. The zero-order chi connectivity index (χ0) is 25.7. The molecule has 0 unspecified atom stereocenters. The van der Waals surface area contributed by atoms with Crippen molar-refractivity contribution in [2.24, 2.45) is 0 Å². The molecule has 1 aliphatic heterocycles. The normalized spacial score (nSPS) is 14.0. The topological polar surface area (TPSA) is 52.7 Å². The summed E-state index contributed by atoms with van der Waals surface area (Å²) in [7, 11) is 0. The van der Waals surface area contributed by atoms with E-state index in [4.69, 9.17) is 0 Å². The van der Waals surface area contributed by atoms with Crippen LogP contribution in [-0.4, -0.2) is 48.6 Å². The van der Waals surface area contributed by atoms with E-state index in [1.807, 2.05) is 60.4 Å². The van der Waals surface area contributed by atoms with Gasteiger partial charge >= 0.3 is 0 Å². The lowest BCUT2D eigenvalue weighted by atomic mass is 9.87. The van der Waals surface area contributed by atoms with Crippen LogP contribution in [0.1, 0.15) is 42.3 Å². The highest BCUT2D eigenvalue weighted by Crippen LogP contribution is 2.26. The van der Waals surface area contributed by atoms with Crippen molar-refractivity contribution in [1.82, 2.24) is 4.90 Å². The molecule has 0 spiro atoms. The molecule has 0 aromatic heterocycles. The van der Waals surface area contributed by atoms with Crippen LogP contribution in [0, 0.1) is 6.92 Å². The van der Waals surface area contributed by atoms with Gasteiger partial charge in [0.1, 0.15) is 0 Å². The molecule has 1 heterocycles. The fraction of sp³-hybridized carbons (Fsp3) is 0.333. The Morgan fingerprint density at radius 3 is 2.11 bits per heavy atom. The van der Waals surface area contributed by atoms with Crippen molar-refractivity contribution in [1.29, 1.82) is 0 Å². The Balaban J connectivity index is 1.25. The molecule has 188 valence electrons. The second kappa shape index (κ2) is 11.2. The maximum atomic E-state index is 12.9. The molecule has 4 rings (SSSR count). The molecular weight excluding hydrogens is 466 g/mol. The van der Waals surface area contributed by atoms with Crippen molar-refractivity contribution in [3.63, 3.8) is 0 Å². The minimum absolute atomic E-state index is 0.0176. The van der Waals surface area contributed by atoms with E-state index in [0.29, 0.717) is 18.8 Å². The predicted molar refractivity (Wildman–Crippen MR) is 150 cm³/mol. The van der Waals surface area contributed by atoms with Gasteiger partial charge in [-0.3, -0.25) is 9.59 Å². The van der Waals surface area contributed by atoms with Crippen LogP contribution in [-0.2, 0) is 10.2 Å². The first kappa shape index (κ1) is 25.8. The summed E-state index contributed by atoms with van der Waals surface area (Å²) >= 11 is 1.54. The number of piperazine rings is 1. The van der Waals surface area contributed by atoms with Gasteiger partial charge in [0.25, 0.3) is 5.91 Å². The molecule has 1 N–H and O–H groups in total. The van der Waals surface area contributed by atoms with Crippen LogP contribution in [0.4, 0.5) is 11.4 Å². The Morgan fingerprint density at radius 2 is 1.50 bits per heavy atom. The van der Waals surface area contributed by atoms with E-state index in [0.717, 1.165) is 40.5 Å². The molecule has 0 saturated carbocycles. The van der Waals surface area contributed by atoms with Gasteiger partial charge in [0.2, 0.25) is 5.91 Å². The average Bonchev–Trinajstić information content (AvgIpc) is 2.88. The number of amides is 2. The third kappa shape index (κ3) is 6.49. The van der Waals surface area contributed by atoms with Gasteiger partial charge in [0.05, 0.1) is 5.75 Å². The largest absolute Gasteiger partial charge is 0.368 e. The summed E-state index contributed by atoms with van der Waals surface area (Å²) in [5.74, 6) is 0.456. The number of nitrogens with one attached hydrogen (secondary N) is 1. The first-order valence-corrected chi connectivity index (χ1v) is 13.4. The Morgan fingerprint density at radius 1 is 0.861 bits per heavy atom. The summed E-state index contributed by atoms with van der Waals surface area (Å²) < 4.78 is 0. The predicted octanol–water partition coefficient (Wildman–Crippen LogP) is 5.99. The van der Waals surface area contributed by atoms with Crippen LogP contribution in [0.15, 0.2) is 77.7 Å². The van der Waals surface area contributed by atoms with Crippen molar-refractivity contribution in [3.05, 3.63) is 89.5 Å². The summed E-state index contributed by atoms with van der Waals surface area (Å²) in [6.45, 7) is 11.5. The third-order valence-corrected chi connectivity index (χ3v) is 7.56. The Hall–Kier alpha value is -3.25. The molecule has 5 nitrogen and oxygen atoms in total. The second-order valence-corrected chi connectivity index (χ2v) is 11.3. The zero-order valence-electron chi connectivity index (χ0n) is 21.6. The van der Waals surface area contributed by atoms with Gasteiger partial charge in [-0.15, -0.1) is 11.8 Å². The van der Waals surface area contributed by atoms with E-state index in [2.05, 4.69) is 55.3 Å². The van der Waals surface area contributed by atoms with Crippen molar-refractivity contribution in [2.75, 3.05) is 42.1 Å². The molecule has 6 heteroatoms. The SMILES string of the molecule is Cc1ccccc1C(=O)N1CCN(c2ccc(NC(=O)CSc3ccc(C(C)(C)C)cc3)cc2)CC1. The van der Waals surface area contributed by atoms with Crippen LogP contribution < -0.4 is 10.2 Å². The van der Waals surface area contributed by atoms with E-state index >= 15 is 0 Å². The number of hydrogen-bond acceptors (Lipinski definition) is 4. The van der Waals surface area contributed by atoms with E-state index < -0.39 is 0 Å². The number of anilines is 2. The summed E-state index contributed by atoms with van der Waals surface area (Å²) in [5.41, 5.74) is 5.10. The first-order chi connectivity index (χ1) is 17.2. The number of thioether (sulfide) groups is 1. The molecule has 0 bridgehead atoms. The molecule has 1 saturated heterocycles. The molecule has 3 aromatic carbocycles. The van der Waals surface area contributed by atoms with Gasteiger partial charge in [-0.05, 0) is 65.9 Å². The summed E-state index contributed by atoms with van der Waals surface area (Å²) in [6, 6.07) is 24.2. The van der Waals surface area contributed by atoms with Crippen molar-refractivity contribution >= 4 is 35.0 Å². The summed E-state index contributed by atoms with van der Waals surface area (Å²) in [5, 5.41) is 2.99. The van der Waals surface area contributed by atoms with Crippen LogP contribution in [0.5, 0.6) is 0 Å². The quantitative estimate of drug-likeness (QED) is 0.422. The second-order valence-electron chi connectivity index (χ2n) is 10.3. The fourth-order valence-electron chi connectivity index (χ4n) is 4.30. The number of hydrogen-bond donors (Lipinski definition) is 1. The van der Waals surface area contributed by atoms with Crippen molar-refractivity contribution < 1.29 is 9.59 Å². The third-order valence-electron chi connectivity index (χ3n) is 6.55. The van der Waals surface area contributed by atoms with Crippen molar-refractivity contribution in [3.8, 4) is 0 Å². The van der Waals surface area contributed by atoms with Crippen LogP contribution in [0.3, 0.4) is 0 Å². The fourth-order valence-corrected chi connectivity index (χ4v) is 5.00. The van der Waals surface area contributed by atoms with Gasteiger partial charge in [-0.2, -0.15) is 0 Å². The smallest absolute Gasteiger partial charge is 0.254 e. The molecule has 2 amide bonds. The maximum absolute atomic E-state index is 12.9. The van der Waals surface area contributed by atoms with Crippen LogP contribution >= 0.6 is 11.8 Å². The zero-order valence-corrected chi connectivity index (χ0v) is 22.4.